The number of carbonyl (C=O) groups is 1. The molecule has 5 nitrogen and oxygen atoms in total. The van der Waals surface area contributed by atoms with Gasteiger partial charge in [0.15, 0.2) is 0 Å². The first kappa shape index (κ1) is 13.0. The first-order valence-electron chi connectivity index (χ1n) is 5.96. The highest BCUT2D eigenvalue weighted by Gasteiger charge is 2.07. The maximum Gasteiger partial charge on any atom is 0.253 e. The van der Waals surface area contributed by atoms with Gasteiger partial charge in [0.2, 0.25) is 0 Å². The highest BCUT2D eigenvalue weighted by Crippen LogP contribution is 2.13. The molecular weight excluding hydrogens is 240 g/mol. The van der Waals surface area contributed by atoms with Gasteiger partial charge in [0.05, 0.1) is 0 Å². The fraction of sp³-hybridized carbons (Fsp3) is 0.214. The number of anilines is 1. The summed E-state index contributed by atoms with van der Waals surface area (Å²) in [7, 11) is 3.48. The van der Waals surface area contributed by atoms with Crippen LogP contribution in [0.1, 0.15) is 15.9 Å². The molecule has 1 aromatic carbocycles. The molecule has 1 amide bonds. The molecule has 0 saturated carbocycles. The number of nitrogens with zero attached hydrogens (tertiary/aromatic N) is 3. The second-order valence-corrected chi connectivity index (χ2v) is 4.38. The van der Waals surface area contributed by atoms with E-state index in [0.29, 0.717) is 12.1 Å². The van der Waals surface area contributed by atoms with Gasteiger partial charge in [-0.15, -0.1) is 0 Å². The van der Waals surface area contributed by atoms with Crippen LogP contribution in [0.5, 0.6) is 0 Å². The lowest BCUT2D eigenvalue weighted by Crippen LogP contribution is -2.21. The highest BCUT2D eigenvalue weighted by atomic mass is 16.2. The zero-order valence-corrected chi connectivity index (χ0v) is 11.0. The molecule has 2 aromatic rings. The van der Waals surface area contributed by atoms with Crippen molar-refractivity contribution >= 4 is 11.6 Å². The Morgan fingerprint density at radius 3 is 2.68 bits per heavy atom. The second-order valence-electron chi connectivity index (χ2n) is 4.38. The molecular formula is C14H16N4O. The predicted molar refractivity (Wildman–Crippen MR) is 73.8 cm³/mol. The SMILES string of the molecule is CN(C)C(=O)c1cccc(NCc2cncnc2)c1. The Labute approximate surface area is 112 Å². The highest BCUT2D eigenvalue weighted by molar-refractivity contribution is 5.94. The number of carbonyl (C=O) groups excluding carboxylic acids is 1. The first-order chi connectivity index (χ1) is 9.16. The minimum atomic E-state index is -0.00769. The van der Waals surface area contributed by atoms with Crippen molar-refractivity contribution in [2.24, 2.45) is 0 Å². The van der Waals surface area contributed by atoms with Crippen LogP contribution in [0.15, 0.2) is 43.0 Å². The molecule has 2 rings (SSSR count). The molecule has 0 spiro atoms. The van der Waals surface area contributed by atoms with E-state index in [2.05, 4.69) is 15.3 Å². The summed E-state index contributed by atoms with van der Waals surface area (Å²) in [6.45, 7) is 0.625. The van der Waals surface area contributed by atoms with Crippen LogP contribution in [0.4, 0.5) is 5.69 Å². The lowest BCUT2D eigenvalue weighted by Gasteiger charge is -2.12. The Balaban J connectivity index is 2.05. The van der Waals surface area contributed by atoms with E-state index >= 15 is 0 Å². The van der Waals surface area contributed by atoms with Crippen LogP contribution in [0, 0.1) is 0 Å². The van der Waals surface area contributed by atoms with Gasteiger partial charge >= 0.3 is 0 Å². The van der Waals surface area contributed by atoms with Crippen LogP contribution in [0.25, 0.3) is 0 Å². The topological polar surface area (TPSA) is 58.1 Å². The van der Waals surface area contributed by atoms with Gasteiger partial charge in [-0.3, -0.25) is 4.79 Å². The van der Waals surface area contributed by atoms with Crippen molar-refractivity contribution in [2.75, 3.05) is 19.4 Å². The Morgan fingerprint density at radius 1 is 1.26 bits per heavy atom. The molecule has 1 N–H and O–H groups in total. The summed E-state index contributed by atoms with van der Waals surface area (Å²) < 4.78 is 0. The summed E-state index contributed by atoms with van der Waals surface area (Å²) in [4.78, 5) is 21.3. The smallest absolute Gasteiger partial charge is 0.253 e. The summed E-state index contributed by atoms with van der Waals surface area (Å²) in [6, 6.07) is 7.43. The maximum atomic E-state index is 11.8. The van der Waals surface area contributed by atoms with Crippen molar-refractivity contribution in [1.29, 1.82) is 0 Å². The molecule has 0 bridgehead atoms. The molecule has 19 heavy (non-hydrogen) atoms. The van der Waals surface area contributed by atoms with Gasteiger partial charge in [0.25, 0.3) is 5.91 Å². The molecule has 0 unspecified atom stereocenters. The van der Waals surface area contributed by atoms with Crippen LogP contribution < -0.4 is 5.32 Å². The molecule has 5 heteroatoms. The standard InChI is InChI=1S/C14H16N4O/c1-18(2)14(19)12-4-3-5-13(6-12)17-9-11-7-15-10-16-8-11/h3-8,10,17H,9H2,1-2H3. The van der Waals surface area contributed by atoms with E-state index in [1.54, 1.807) is 37.5 Å². The number of benzene rings is 1. The van der Waals surface area contributed by atoms with Gasteiger partial charge in [0.1, 0.15) is 6.33 Å². The molecule has 0 atom stereocenters. The lowest BCUT2D eigenvalue weighted by molar-refractivity contribution is 0.0827. The Kier molecular flexibility index (Phi) is 4.07. The van der Waals surface area contributed by atoms with Crippen molar-refractivity contribution in [2.45, 2.75) is 6.54 Å². The first-order valence-corrected chi connectivity index (χ1v) is 5.96. The van der Waals surface area contributed by atoms with Crippen molar-refractivity contribution in [1.82, 2.24) is 14.9 Å². The van der Waals surface area contributed by atoms with E-state index in [0.717, 1.165) is 11.3 Å². The summed E-state index contributed by atoms with van der Waals surface area (Å²) in [6.07, 6.45) is 5.02. The van der Waals surface area contributed by atoms with Crippen molar-refractivity contribution in [3.8, 4) is 0 Å². The molecule has 98 valence electrons. The van der Waals surface area contributed by atoms with Crippen LogP contribution in [0.2, 0.25) is 0 Å². The van der Waals surface area contributed by atoms with Crippen LogP contribution in [0.3, 0.4) is 0 Å². The average Bonchev–Trinajstić information content (AvgIpc) is 2.45. The van der Waals surface area contributed by atoms with Crippen LogP contribution >= 0.6 is 0 Å². The van der Waals surface area contributed by atoms with Gasteiger partial charge < -0.3 is 10.2 Å². The van der Waals surface area contributed by atoms with E-state index in [1.807, 2.05) is 18.2 Å². The van der Waals surface area contributed by atoms with E-state index in [1.165, 1.54) is 6.33 Å². The zero-order chi connectivity index (χ0) is 13.7. The molecule has 0 radical (unpaired) electrons. The molecule has 0 aliphatic carbocycles. The molecule has 0 aliphatic heterocycles. The van der Waals surface area contributed by atoms with Crippen molar-refractivity contribution in [3.63, 3.8) is 0 Å². The Bertz CT molecular complexity index is 554. The van der Waals surface area contributed by atoms with E-state index in [9.17, 15) is 4.79 Å². The minimum absolute atomic E-state index is 0.00769. The average molecular weight is 256 g/mol. The molecule has 0 aliphatic rings. The fourth-order valence-electron chi connectivity index (χ4n) is 1.65. The molecule has 1 aromatic heterocycles. The molecule has 0 saturated heterocycles. The van der Waals surface area contributed by atoms with Crippen molar-refractivity contribution < 1.29 is 4.79 Å². The Morgan fingerprint density at radius 2 is 2.00 bits per heavy atom. The van der Waals surface area contributed by atoms with Gasteiger partial charge in [0, 0.05) is 49.8 Å². The summed E-state index contributed by atoms with van der Waals surface area (Å²) in [5.74, 6) is -0.00769. The van der Waals surface area contributed by atoms with Gasteiger partial charge in [-0.2, -0.15) is 0 Å². The quantitative estimate of drug-likeness (QED) is 0.906. The van der Waals surface area contributed by atoms with E-state index < -0.39 is 0 Å². The number of aromatic nitrogens is 2. The third kappa shape index (κ3) is 3.51. The minimum Gasteiger partial charge on any atom is -0.381 e. The number of amides is 1. The van der Waals surface area contributed by atoms with E-state index in [-0.39, 0.29) is 5.91 Å². The second kappa shape index (κ2) is 5.95. The zero-order valence-electron chi connectivity index (χ0n) is 11.0. The van der Waals surface area contributed by atoms with Gasteiger partial charge in [-0.25, -0.2) is 9.97 Å². The number of hydrogen-bond acceptors (Lipinski definition) is 4. The summed E-state index contributed by atoms with van der Waals surface area (Å²) >= 11 is 0. The van der Waals surface area contributed by atoms with Crippen LogP contribution in [-0.2, 0) is 6.54 Å². The third-order valence-corrected chi connectivity index (χ3v) is 2.63. The van der Waals surface area contributed by atoms with Crippen molar-refractivity contribution in [3.05, 3.63) is 54.1 Å². The molecule has 0 fully saturated rings. The number of nitrogens with one attached hydrogen (secondary N) is 1. The maximum absolute atomic E-state index is 11.8. The Hall–Kier alpha value is -2.43. The number of rotatable bonds is 4. The van der Waals surface area contributed by atoms with Gasteiger partial charge in [-0.1, -0.05) is 6.07 Å². The normalized spacial score (nSPS) is 10.0. The summed E-state index contributed by atoms with van der Waals surface area (Å²) in [5.41, 5.74) is 2.56. The van der Waals surface area contributed by atoms with E-state index in [4.69, 9.17) is 0 Å². The van der Waals surface area contributed by atoms with Gasteiger partial charge in [-0.05, 0) is 18.2 Å². The monoisotopic (exact) mass is 256 g/mol. The lowest BCUT2D eigenvalue weighted by atomic mass is 10.2. The molecule has 1 heterocycles. The summed E-state index contributed by atoms with van der Waals surface area (Å²) in [5, 5.41) is 3.24. The fourth-order valence-corrected chi connectivity index (χ4v) is 1.65. The predicted octanol–water partition coefficient (Wildman–Crippen LogP) is 1.79. The van der Waals surface area contributed by atoms with Crippen LogP contribution in [-0.4, -0.2) is 34.9 Å². The largest absolute Gasteiger partial charge is 0.381 e. The third-order valence-electron chi connectivity index (χ3n) is 2.63. The number of hydrogen-bond donors (Lipinski definition) is 1.